The van der Waals surface area contributed by atoms with Crippen LogP contribution in [0.3, 0.4) is 0 Å². The van der Waals surface area contributed by atoms with E-state index in [0.29, 0.717) is 11.1 Å². The normalized spacial score (nSPS) is 11.9. The molecule has 0 fully saturated rings. The van der Waals surface area contributed by atoms with Crippen LogP contribution in [0, 0.1) is 11.6 Å². The van der Waals surface area contributed by atoms with Crippen LogP contribution < -0.4 is 5.32 Å². The lowest BCUT2D eigenvalue weighted by Crippen LogP contribution is -2.14. The highest BCUT2D eigenvalue weighted by molar-refractivity contribution is 5.92. The summed E-state index contributed by atoms with van der Waals surface area (Å²) in [5.74, 6) is -1.23. The Balaban J connectivity index is 2.84. The summed E-state index contributed by atoms with van der Waals surface area (Å²) in [7, 11) is 1.73. The lowest BCUT2D eigenvalue weighted by molar-refractivity contribution is 0.566. The van der Waals surface area contributed by atoms with Crippen LogP contribution in [0.2, 0.25) is 0 Å². The minimum absolute atomic E-state index is 0.194. The number of anilines is 1. The third kappa shape index (κ3) is 2.15. The van der Waals surface area contributed by atoms with Crippen LogP contribution in [0.1, 0.15) is 26.5 Å². The lowest BCUT2D eigenvalue weighted by Gasteiger charge is -2.20. The van der Waals surface area contributed by atoms with E-state index >= 15 is 0 Å². The van der Waals surface area contributed by atoms with Crippen molar-refractivity contribution in [2.75, 3.05) is 12.4 Å². The molecule has 2 aromatic rings. The number of hydrogen-bond donors (Lipinski definition) is 1. The summed E-state index contributed by atoms with van der Waals surface area (Å²) >= 11 is 0. The molecule has 0 saturated heterocycles. The zero-order chi connectivity index (χ0) is 13.5. The van der Waals surface area contributed by atoms with Gasteiger partial charge in [0.1, 0.15) is 11.3 Å². The Kier molecular flexibility index (Phi) is 2.97. The van der Waals surface area contributed by atoms with E-state index in [9.17, 15) is 8.78 Å². The summed E-state index contributed by atoms with van der Waals surface area (Å²) in [4.78, 5) is 4.31. The zero-order valence-corrected chi connectivity index (χ0v) is 10.9. The van der Waals surface area contributed by atoms with Gasteiger partial charge in [-0.15, -0.1) is 0 Å². The van der Waals surface area contributed by atoms with Crippen molar-refractivity contribution in [2.45, 2.75) is 26.2 Å². The van der Waals surface area contributed by atoms with Crippen LogP contribution >= 0.6 is 0 Å². The Bertz CT molecular complexity index is 601. The van der Waals surface area contributed by atoms with Crippen LogP contribution in [-0.2, 0) is 5.41 Å². The third-order valence-corrected chi connectivity index (χ3v) is 2.87. The number of nitrogens with one attached hydrogen (secondary N) is 1. The first kappa shape index (κ1) is 12.7. The number of pyridine rings is 1. The van der Waals surface area contributed by atoms with E-state index in [-0.39, 0.29) is 10.9 Å². The number of rotatable bonds is 1. The van der Waals surface area contributed by atoms with Crippen molar-refractivity contribution in [1.29, 1.82) is 0 Å². The molecule has 0 aliphatic heterocycles. The SMILES string of the molecule is CNc1cc(C(C)(C)C)nc2c(F)cc(F)cc12. The fourth-order valence-corrected chi connectivity index (χ4v) is 1.84. The summed E-state index contributed by atoms with van der Waals surface area (Å²) in [5, 5.41) is 3.42. The molecule has 0 saturated carbocycles. The van der Waals surface area contributed by atoms with Gasteiger partial charge >= 0.3 is 0 Å². The van der Waals surface area contributed by atoms with Crippen molar-refractivity contribution in [3.05, 3.63) is 35.5 Å². The van der Waals surface area contributed by atoms with Gasteiger partial charge in [-0.25, -0.2) is 13.8 Å². The highest BCUT2D eigenvalue weighted by Crippen LogP contribution is 2.30. The molecule has 1 aromatic carbocycles. The summed E-state index contributed by atoms with van der Waals surface area (Å²) < 4.78 is 27.1. The van der Waals surface area contributed by atoms with Crippen molar-refractivity contribution in [1.82, 2.24) is 4.98 Å². The van der Waals surface area contributed by atoms with Gasteiger partial charge in [0, 0.05) is 35.3 Å². The van der Waals surface area contributed by atoms with E-state index < -0.39 is 11.6 Å². The molecule has 0 aliphatic rings. The van der Waals surface area contributed by atoms with Crippen molar-refractivity contribution in [3.8, 4) is 0 Å². The molecular formula is C14H16F2N2. The first-order chi connectivity index (χ1) is 8.32. The Hall–Kier alpha value is -1.71. The van der Waals surface area contributed by atoms with E-state index in [1.807, 2.05) is 26.8 Å². The smallest absolute Gasteiger partial charge is 0.152 e. The third-order valence-electron chi connectivity index (χ3n) is 2.87. The average Bonchev–Trinajstić information content (AvgIpc) is 2.26. The van der Waals surface area contributed by atoms with Crippen molar-refractivity contribution >= 4 is 16.6 Å². The molecule has 1 heterocycles. The summed E-state index contributed by atoms with van der Waals surface area (Å²) in [6, 6.07) is 3.99. The number of nitrogens with zero attached hydrogens (tertiary/aromatic N) is 1. The fraction of sp³-hybridized carbons (Fsp3) is 0.357. The average molecular weight is 250 g/mol. The van der Waals surface area contributed by atoms with Crippen LogP contribution in [0.4, 0.5) is 14.5 Å². The van der Waals surface area contributed by atoms with E-state index in [0.717, 1.165) is 11.8 Å². The maximum atomic E-state index is 13.8. The first-order valence-electron chi connectivity index (χ1n) is 5.81. The van der Waals surface area contributed by atoms with Gasteiger partial charge in [0.2, 0.25) is 0 Å². The number of benzene rings is 1. The van der Waals surface area contributed by atoms with Gasteiger partial charge in [-0.05, 0) is 12.1 Å². The van der Waals surface area contributed by atoms with Gasteiger partial charge in [-0.3, -0.25) is 0 Å². The maximum Gasteiger partial charge on any atom is 0.152 e. The second kappa shape index (κ2) is 4.19. The Morgan fingerprint density at radius 2 is 1.78 bits per heavy atom. The monoisotopic (exact) mass is 250 g/mol. The lowest BCUT2D eigenvalue weighted by atomic mass is 9.90. The quantitative estimate of drug-likeness (QED) is 0.831. The van der Waals surface area contributed by atoms with Gasteiger partial charge in [0.15, 0.2) is 5.82 Å². The molecule has 2 rings (SSSR count). The van der Waals surface area contributed by atoms with Crippen LogP contribution in [0.25, 0.3) is 10.9 Å². The predicted octanol–water partition coefficient (Wildman–Crippen LogP) is 3.85. The zero-order valence-electron chi connectivity index (χ0n) is 10.9. The van der Waals surface area contributed by atoms with Crippen molar-refractivity contribution in [3.63, 3.8) is 0 Å². The Morgan fingerprint density at radius 1 is 1.11 bits per heavy atom. The van der Waals surface area contributed by atoms with Crippen molar-refractivity contribution in [2.24, 2.45) is 0 Å². The minimum Gasteiger partial charge on any atom is -0.388 e. The second-order valence-corrected chi connectivity index (χ2v) is 5.34. The molecule has 0 spiro atoms. The molecular weight excluding hydrogens is 234 g/mol. The molecule has 0 atom stereocenters. The highest BCUT2D eigenvalue weighted by Gasteiger charge is 2.19. The van der Waals surface area contributed by atoms with Crippen LogP contribution in [0.15, 0.2) is 18.2 Å². The van der Waals surface area contributed by atoms with E-state index in [1.54, 1.807) is 7.05 Å². The largest absolute Gasteiger partial charge is 0.388 e. The van der Waals surface area contributed by atoms with Gasteiger partial charge < -0.3 is 5.32 Å². The van der Waals surface area contributed by atoms with E-state index in [2.05, 4.69) is 10.3 Å². The molecule has 0 aliphatic carbocycles. The topological polar surface area (TPSA) is 24.9 Å². The number of hydrogen-bond acceptors (Lipinski definition) is 2. The molecule has 4 heteroatoms. The molecule has 1 N–H and O–H groups in total. The Labute approximate surface area is 105 Å². The number of halogens is 2. The van der Waals surface area contributed by atoms with Gasteiger partial charge in [-0.1, -0.05) is 20.8 Å². The maximum absolute atomic E-state index is 13.8. The molecule has 0 bridgehead atoms. The van der Waals surface area contributed by atoms with Crippen molar-refractivity contribution < 1.29 is 8.78 Å². The molecule has 1 aromatic heterocycles. The first-order valence-corrected chi connectivity index (χ1v) is 5.81. The van der Waals surface area contributed by atoms with Crippen LogP contribution in [-0.4, -0.2) is 12.0 Å². The van der Waals surface area contributed by atoms with E-state index in [4.69, 9.17) is 0 Å². The summed E-state index contributed by atoms with van der Waals surface area (Å²) in [6.45, 7) is 6.01. The summed E-state index contributed by atoms with van der Waals surface area (Å²) in [6.07, 6.45) is 0. The standard InChI is InChI=1S/C14H16F2N2/c1-14(2,3)12-7-11(17-4)9-5-8(15)6-10(16)13(9)18-12/h5-7H,1-4H3,(H,17,18). The molecule has 0 radical (unpaired) electrons. The minimum atomic E-state index is -0.632. The van der Waals surface area contributed by atoms with Gasteiger partial charge in [0.05, 0.1) is 0 Å². The Morgan fingerprint density at radius 3 is 2.33 bits per heavy atom. The van der Waals surface area contributed by atoms with Crippen LogP contribution in [0.5, 0.6) is 0 Å². The number of aromatic nitrogens is 1. The molecule has 0 unspecified atom stereocenters. The molecule has 2 nitrogen and oxygen atoms in total. The van der Waals surface area contributed by atoms with E-state index in [1.165, 1.54) is 6.07 Å². The predicted molar refractivity (Wildman–Crippen MR) is 69.9 cm³/mol. The van der Waals surface area contributed by atoms with Gasteiger partial charge in [0.25, 0.3) is 0 Å². The number of fused-ring (bicyclic) bond motifs is 1. The molecule has 96 valence electrons. The second-order valence-electron chi connectivity index (χ2n) is 5.34. The molecule has 18 heavy (non-hydrogen) atoms. The molecule has 0 amide bonds. The highest BCUT2D eigenvalue weighted by atomic mass is 19.1. The van der Waals surface area contributed by atoms with Gasteiger partial charge in [-0.2, -0.15) is 0 Å². The fourth-order valence-electron chi connectivity index (χ4n) is 1.84. The summed E-state index contributed by atoms with van der Waals surface area (Å²) in [5.41, 5.74) is 1.46.